The number of nitrogens with zero attached hydrogens (tertiary/aromatic N) is 4. The summed E-state index contributed by atoms with van der Waals surface area (Å²) in [5, 5.41) is 7.86. The molecule has 0 saturated carbocycles. The third kappa shape index (κ3) is 3.53. The first kappa shape index (κ1) is 17.1. The molecule has 8 heteroatoms. The monoisotopic (exact) mass is 358 g/mol. The number of rotatable bonds is 5. The molecule has 6 nitrogen and oxygen atoms in total. The van der Waals surface area contributed by atoms with Gasteiger partial charge in [-0.2, -0.15) is 0 Å². The maximum absolute atomic E-state index is 14.1. The number of benzene rings is 1. The summed E-state index contributed by atoms with van der Waals surface area (Å²) >= 11 is 1.09. The molecule has 1 atom stereocenters. The van der Waals surface area contributed by atoms with Gasteiger partial charge < -0.3 is 9.30 Å². The number of hydrogen-bond donors (Lipinski definition) is 0. The van der Waals surface area contributed by atoms with Crippen molar-refractivity contribution in [3.63, 3.8) is 0 Å². The Labute approximate surface area is 148 Å². The van der Waals surface area contributed by atoms with Crippen LogP contribution in [0, 0.1) is 5.82 Å². The molecule has 25 heavy (non-hydrogen) atoms. The van der Waals surface area contributed by atoms with Crippen LogP contribution in [0.15, 0.2) is 53.9 Å². The highest BCUT2D eigenvalue weighted by atomic mass is 32.2. The van der Waals surface area contributed by atoms with Crippen molar-refractivity contribution >= 4 is 17.7 Å². The van der Waals surface area contributed by atoms with Crippen molar-refractivity contribution in [2.45, 2.75) is 10.4 Å². The van der Waals surface area contributed by atoms with Crippen LogP contribution in [0.2, 0.25) is 0 Å². The number of hydrogen-bond acceptors (Lipinski definition) is 6. The maximum Gasteiger partial charge on any atom is 0.323 e. The number of carbonyl (C=O) groups is 1. The van der Waals surface area contributed by atoms with Crippen molar-refractivity contribution in [1.82, 2.24) is 19.7 Å². The molecular formula is C17H15FN4O2S. The Morgan fingerprint density at radius 2 is 2.04 bits per heavy atom. The van der Waals surface area contributed by atoms with Crippen molar-refractivity contribution < 1.29 is 13.9 Å². The van der Waals surface area contributed by atoms with Crippen LogP contribution in [0.4, 0.5) is 4.39 Å². The number of carbonyl (C=O) groups excluding carboxylic acids is 1. The van der Waals surface area contributed by atoms with E-state index in [-0.39, 0.29) is 5.56 Å². The molecule has 1 aromatic carbocycles. The van der Waals surface area contributed by atoms with E-state index in [1.807, 2.05) is 6.07 Å². The first-order valence-corrected chi connectivity index (χ1v) is 8.28. The van der Waals surface area contributed by atoms with Crippen LogP contribution < -0.4 is 0 Å². The van der Waals surface area contributed by atoms with Gasteiger partial charge in [0.2, 0.25) is 0 Å². The second kappa shape index (κ2) is 7.43. The molecule has 0 fully saturated rings. The van der Waals surface area contributed by atoms with Gasteiger partial charge in [0.25, 0.3) is 0 Å². The molecule has 2 heterocycles. The summed E-state index contributed by atoms with van der Waals surface area (Å²) in [4.78, 5) is 16.2. The number of pyridine rings is 1. The Bertz CT molecular complexity index is 885. The maximum atomic E-state index is 14.1. The van der Waals surface area contributed by atoms with Gasteiger partial charge in [-0.1, -0.05) is 30.0 Å². The minimum Gasteiger partial charge on any atom is -0.468 e. The van der Waals surface area contributed by atoms with E-state index >= 15 is 0 Å². The van der Waals surface area contributed by atoms with E-state index in [2.05, 4.69) is 15.2 Å². The molecule has 0 N–H and O–H groups in total. The van der Waals surface area contributed by atoms with Crippen molar-refractivity contribution in [1.29, 1.82) is 0 Å². The van der Waals surface area contributed by atoms with Gasteiger partial charge >= 0.3 is 5.97 Å². The Kier molecular flexibility index (Phi) is 5.08. The van der Waals surface area contributed by atoms with Crippen LogP contribution in [-0.2, 0) is 16.6 Å². The first-order valence-electron chi connectivity index (χ1n) is 7.40. The minimum absolute atomic E-state index is 0.241. The van der Waals surface area contributed by atoms with Crippen molar-refractivity contribution in [2.24, 2.45) is 7.05 Å². The predicted octanol–water partition coefficient (Wildman–Crippen LogP) is 3.02. The van der Waals surface area contributed by atoms with E-state index in [0.717, 1.165) is 17.3 Å². The Morgan fingerprint density at radius 1 is 1.24 bits per heavy atom. The molecule has 0 radical (unpaired) electrons. The molecule has 0 aliphatic carbocycles. The first-order chi connectivity index (χ1) is 12.1. The molecule has 0 aliphatic heterocycles. The van der Waals surface area contributed by atoms with Gasteiger partial charge in [-0.15, -0.1) is 10.2 Å². The van der Waals surface area contributed by atoms with Crippen molar-refractivity contribution in [3.8, 4) is 11.4 Å². The van der Waals surface area contributed by atoms with Gasteiger partial charge in [0, 0.05) is 30.6 Å². The molecule has 128 valence electrons. The zero-order chi connectivity index (χ0) is 17.8. The second-order valence-corrected chi connectivity index (χ2v) is 6.22. The van der Waals surface area contributed by atoms with Gasteiger partial charge in [0.1, 0.15) is 11.1 Å². The SMILES string of the molecule is COC(=O)[C@@H](Sc1nnc(-c2cccnc2)n1C)c1ccccc1F. The average molecular weight is 358 g/mol. The van der Waals surface area contributed by atoms with E-state index in [1.165, 1.54) is 13.2 Å². The third-order valence-electron chi connectivity index (χ3n) is 3.58. The van der Waals surface area contributed by atoms with E-state index in [4.69, 9.17) is 4.74 Å². The van der Waals surface area contributed by atoms with Crippen molar-refractivity contribution in [3.05, 3.63) is 60.2 Å². The fraction of sp³-hybridized carbons (Fsp3) is 0.176. The van der Waals surface area contributed by atoms with Crippen LogP contribution in [0.25, 0.3) is 11.4 Å². The molecule has 0 spiro atoms. The number of esters is 1. The van der Waals surface area contributed by atoms with Gasteiger partial charge in [-0.05, 0) is 18.2 Å². The molecule has 3 aromatic rings. The molecule has 0 amide bonds. The lowest BCUT2D eigenvalue weighted by Gasteiger charge is -2.14. The number of methoxy groups -OCH3 is 1. The van der Waals surface area contributed by atoms with E-state index in [0.29, 0.717) is 11.0 Å². The van der Waals surface area contributed by atoms with Crippen LogP contribution in [0.3, 0.4) is 0 Å². The fourth-order valence-electron chi connectivity index (χ4n) is 2.30. The summed E-state index contributed by atoms with van der Waals surface area (Å²) in [6, 6.07) is 9.77. The molecule has 2 aromatic heterocycles. The van der Waals surface area contributed by atoms with E-state index in [9.17, 15) is 9.18 Å². The average Bonchev–Trinajstić information content (AvgIpc) is 3.01. The Balaban J connectivity index is 1.95. The molecule has 0 bridgehead atoms. The van der Waals surface area contributed by atoms with Gasteiger partial charge in [-0.25, -0.2) is 4.39 Å². The Hall–Kier alpha value is -2.74. The zero-order valence-electron chi connectivity index (χ0n) is 13.6. The molecule has 0 unspecified atom stereocenters. The fourth-order valence-corrected chi connectivity index (χ4v) is 3.36. The summed E-state index contributed by atoms with van der Waals surface area (Å²) in [5.41, 5.74) is 1.04. The highest BCUT2D eigenvalue weighted by Crippen LogP contribution is 2.37. The molecule has 3 rings (SSSR count). The van der Waals surface area contributed by atoms with Crippen LogP contribution in [0.1, 0.15) is 10.8 Å². The zero-order valence-corrected chi connectivity index (χ0v) is 14.4. The Morgan fingerprint density at radius 3 is 2.72 bits per heavy atom. The van der Waals surface area contributed by atoms with Gasteiger partial charge in [0.15, 0.2) is 11.0 Å². The molecule has 0 saturated heterocycles. The number of aromatic nitrogens is 4. The van der Waals surface area contributed by atoms with Crippen LogP contribution in [0.5, 0.6) is 0 Å². The number of ether oxygens (including phenoxy) is 1. The van der Waals surface area contributed by atoms with Crippen LogP contribution >= 0.6 is 11.8 Å². The minimum atomic E-state index is -0.879. The summed E-state index contributed by atoms with van der Waals surface area (Å²) in [6.07, 6.45) is 3.34. The molecular weight excluding hydrogens is 343 g/mol. The summed E-state index contributed by atoms with van der Waals surface area (Å²) in [7, 11) is 3.05. The highest BCUT2D eigenvalue weighted by Gasteiger charge is 2.28. The summed E-state index contributed by atoms with van der Waals surface area (Å²) in [6.45, 7) is 0. The topological polar surface area (TPSA) is 69.9 Å². The smallest absolute Gasteiger partial charge is 0.323 e. The normalized spacial score (nSPS) is 12.0. The van der Waals surface area contributed by atoms with Gasteiger partial charge in [-0.3, -0.25) is 9.78 Å². The van der Waals surface area contributed by atoms with Gasteiger partial charge in [0.05, 0.1) is 7.11 Å². The van der Waals surface area contributed by atoms with E-state index < -0.39 is 17.0 Å². The largest absolute Gasteiger partial charge is 0.468 e. The standard InChI is InChI=1S/C17H15FN4O2S/c1-22-15(11-6-5-9-19-10-11)20-21-17(22)25-14(16(23)24-2)12-7-3-4-8-13(12)18/h3-10,14H,1-2H3/t14-/m0/s1. The lowest BCUT2D eigenvalue weighted by atomic mass is 10.1. The third-order valence-corrected chi connectivity index (χ3v) is 4.83. The molecule has 0 aliphatic rings. The number of halogens is 1. The second-order valence-electron chi connectivity index (χ2n) is 5.15. The highest BCUT2D eigenvalue weighted by molar-refractivity contribution is 8.00. The predicted molar refractivity (Wildman–Crippen MR) is 91.2 cm³/mol. The number of thioether (sulfide) groups is 1. The summed E-state index contributed by atoms with van der Waals surface area (Å²) < 4.78 is 20.7. The van der Waals surface area contributed by atoms with Crippen molar-refractivity contribution in [2.75, 3.05) is 7.11 Å². The quantitative estimate of drug-likeness (QED) is 0.516. The lowest BCUT2D eigenvalue weighted by molar-refractivity contribution is -0.140. The van der Waals surface area contributed by atoms with E-state index in [1.54, 1.807) is 48.3 Å². The summed E-state index contributed by atoms with van der Waals surface area (Å²) in [5.74, 6) is -0.422. The lowest BCUT2D eigenvalue weighted by Crippen LogP contribution is -2.13. The van der Waals surface area contributed by atoms with Crippen LogP contribution in [-0.4, -0.2) is 32.8 Å².